The second kappa shape index (κ2) is 8.09. The monoisotopic (exact) mass is 377 g/mol. The van der Waals surface area contributed by atoms with Gasteiger partial charge in [0.15, 0.2) is 0 Å². The normalized spacial score (nSPS) is 20.3. The topological polar surface area (TPSA) is 44.0 Å². The van der Waals surface area contributed by atoms with Crippen molar-refractivity contribution in [1.29, 1.82) is 0 Å². The molecule has 1 aliphatic rings. The molecule has 0 N–H and O–H groups in total. The molecule has 1 heterocycles. The van der Waals surface area contributed by atoms with Crippen molar-refractivity contribution in [2.45, 2.75) is 38.6 Å². The van der Waals surface area contributed by atoms with Gasteiger partial charge < -0.3 is 13.9 Å². The van der Waals surface area contributed by atoms with Gasteiger partial charge in [-0.3, -0.25) is 4.99 Å². The molecule has 0 spiro atoms. The maximum atomic E-state index is 6.22. The first-order valence-electron chi connectivity index (χ1n) is 9.98. The summed E-state index contributed by atoms with van der Waals surface area (Å²) in [6, 6.07) is 16.2. The Morgan fingerprint density at radius 3 is 2.32 bits per heavy atom. The third-order valence-corrected chi connectivity index (χ3v) is 5.70. The Morgan fingerprint density at radius 2 is 1.61 bits per heavy atom. The molecule has 28 heavy (non-hydrogen) atoms. The average molecular weight is 377 g/mol. The van der Waals surface area contributed by atoms with E-state index in [1.807, 2.05) is 42.5 Å². The number of fused-ring (bicyclic) bond motifs is 1. The molecule has 1 aliphatic carbocycles. The largest absolute Gasteiger partial charge is 0.497 e. The molecule has 146 valence electrons. The Balaban J connectivity index is 1.88. The Kier molecular flexibility index (Phi) is 5.38. The SMILES string of the molecule is COc1ccc(-c2cc(=N[C@@H]3CCCC[C@H]3C)c3cc(OC)ccc3o2)cc1. The van der Waals surface area contributed by atoms with Crippen molar-refractivity contribution in [3.8, 4) is 22.8 Å². The molecule has 0 unspecified atom stereocenters. The number of nitrogens with zero attached hydrogens (tertiary/aromatic N) is 1. The first-order chi connectivity index (χ1) is 13.7. The number of hydrogen-bond acceptors (Lipinski definition) is 4. The zero-order valence-corrected chi connectivity index (χ0v) is 16.8. The second-order valence-electron chi connectivity index (χ2n) is 7.54. The summed E-state index contributed by atoms with van der Waals surface area (Å²) in [5.41, 5.74) is 1.82. The van der Waals surface area contributed by atoms with Crippen LogP contribution in [0.4, 0.5) is 0 Å². The summed E-state index contributed by atoms with van der Waals surface area (Å²) in [5.74, 6) is 3.06. The van der Waals surface area contributed by atoms with E-state index in [1.54, 1.807) is 14.2 Å². The Bertz CT molecular complexity index is 1020. The smallest absolute Gasteiger partial charge is 0.137 e. The summed E-state index contributed by atoms with van der Waals surface area (Å²) < 4.78 is 16.9. The van der Waals surface area contributed by atoms with Gasteiger partial charge in [0.25, 0.3) is 0 Å². The molecule has 4 nitrogen and oxygen atoms in total. The molecular weight excluding hydrogens is 350 g/mol. The van der Waals surface area contributed by atoms with Crippen LogP contribution in [-0.4, -0.2) is 20.3 Å². The van der Waals surface area contributed by atoms with Crippen LogP contribution in [0.2, 0.25) is 0 Å². The van der Waals surface area contributed by atoms with Gasteiger partial charge in [0.2, 0.25) is 0 Å². The summed E-state index contributed by atoms with van der Waals surface area (Å²) in [7, 11) is 3.36. The van der Waals surface area contributed by atoms with E-state index in [1.165, 1.54) is 19.3 Å². The van der Waals surface area contributed by atoms with Gasteiger partial charge in [-0.05, 0) is 61.2 Å². The molecule has 1 saturated carbocycles. The van der Waals surface area contributed by atoms with Crippen LogP contribution in [0.3, 0.4) is 0 Å². The van der Waals surface area contributed by atoms with E-state index in [2.05, 4.69) is 13.0 Å². The van der Waals surface area contributed by atoms with Crippen molar-refractivity contribution in [2.75, 3.05) is 14.2 Å². The fraction of sp³-hybridized carbons (Fsp3) is 0.375. The van der Waals surface area contributed by atoms with Gasteiger partial charge in [0.05, 0.1) is 25.6 Å². The average Bonchev–Trinajstić information content (AvgIpc) is 2.75. The molecule has 0 aliphatic heterocycles. The summed E-state index contributed by atoms with van der Waals surface area (Å²) >= 11 is 0. The summed E-state index contributed by atoms with van der Waals surface area (Å²) in [5, 5.41) is 1.97. The van der Waals surface area contributed by atoms with E-state index in [4.69, 9.17) is 18.9 Å². The second-order valence-corrected chi connectivity index (χ2v) is 7.54. The molecule has 2 atom stereocenters. The van der Waals surface area contributed by atoms with Crippen molar-refractivity contribution < 1.29 is 13.9 Å². The Morgan fingerprint density at radius 1 is 0.893 bits per heavy atom. The lowest BCUT2D eigenvalue weighted by molar-refractivity contribution is 0.328. The minimum Gasteiger partial charge on any atom is -0.497 e. The molecule has 3 aromatic rings. The molecular formula is C24H27NO3. The fourth-order valence-electron chi connectivity index (χ4n) is 3.95. The van der Waals surface area contributed by atoms with Crippen LogP contribution in [0.1, 0.15) is 32.6 Å². The molecule has 0 radical (unpaired) electrons. The van der Waals surface area contributed by atoms with Crippen LogP contribution in [0, 0.1) is 5.92 Å². The molecule has 2 aromatic carbocycles. The lowest BCUT2D eigenvalue weighted by Crippen LogP contribution is -2.23. The lowest BCUT2D eigenvalue weighted by atomic mass is 9.86. The highest BCUT2D eigenvalue weighted by Gasteiger charge is 2.20. The van der Waals surface area contributed by atoms with Crippen LogP contribution in [0.15, 0.2) is 57.9 Å². The van der Waals surface area contributed by atoms with Crippen LogP contribution < -0.4 is 14.8 Å². The van der Waals surface area contributed by atoms with E-state index in [0.29, 0.717) is 12.0 Å². The molecule has 0 amide bonds. The fourth-order valence-corrected chi connectivity index (χ4v) is 3.95. The number of benzene rings is 2. The van der Waals surface area contributed by atoms with Gasteiger partial charge in [0, 0.05) is 17.0 Å². The van der Waals surface area contributed by atoms with E-state index < -0.39 is 0 Å². The van der Waals surface area contributed by atoms with Crippen molar-refractivity contribution in [3.63, 3.8) is 0 Å². The molecule has 4 rings (SSSR count). The Labute approximate surface area is 165 Å². The number of methoxy groups -OCH3 is 2. The number of hydrogen-bond donors (Lipinski definition) is 0. The van der Waals surface area contributed by atoms with Gasteiger partial charge >= 0.3 is 0 Å². The Hall–Kier alpha value is -2.75. The van der Waals surface area contributed by atoms with Crippen LogP contribution in [0.25, 0.3) is 22.3 Å². The first kappa shape index (κ1) is 18.6. The first-order valence-corrected chi connectivity index (χ1v) is 9.98. The van der Waals surface area contributed by atoms with Crippen LogP contribution >= 0.6 is 0 Å². The summed E-state index contributed by atoms with van der Waals surface area (Å²) in [4.78, 5) is 5.18. The summed E-state index contributed by atoms with van der Waals surface area (Å²) in [6.07, 6.45) is 4.96. The zero-order chi connectivity index (χ0) is 19.5. The van der Waals surface area contributed by atoms with Gasteiger partial charge in [-0.1, -0.05) is 19.8 Å². The minimum atomic E-state index is 0.356. The van der Waals surface area contributed by atoms with Crippen molar-refractivity contribution >= 4 is 11.0 Å². The zero-order valence-electron chi connectivity index (χ0n) is 16.8. The highest BCUT2D eigenvalue weighted by molar-refractivity contribution is 5.80. The number of rotatable bonds is 4. The van der Waals surface area contributed by atoms with Gasteiger partial charge in [0.1, 0.15) is 22.8 Å². The van der Waals surface area contributed by atoms with E-state index in [9.17, 15) is 0 Å². The van der Waals surface area contributed by atoms with Gasteiger partial charge in [-0.2, -0.15) is 0 Å². The van der Waals surface area contributed by atoms with E-state index in [-0.39, 0.29) is 0 Å². The number of ether oxygens (including phenoxy) is 2. The maximum Gasteiger partial charge on any atom is 0.137 e. The van der Waals surface area contributed by atoms with Crippen molar-refractivity contribution in [1.82, 2.24) is 0 Å². The lowest BCUT2D eigenvalue weighted by Gasteiger charge is -2.25. The van der Waals surface area contributed by atoms with Gasteiger partial charge in [-0.25, -0.2) is 0 Å². The van der Waals surface area contributed by atoms with Gasteiger partial charge in [-0.15, -0.1) is 0 Å². The highest BCUT2D eigenvalue weighted by atomic mass is 16.5. The predicted molar refractivity (Wildman–Crippen MR) is 112 cm³/mol. The third kappa shape index (κ3) is 3.77. The molecule has 0 bridgehead atoms. The van der Waals surface area contributed by atoms with Crippen LogP contribution in [0.5, 0.6) is 11.5 Å². The van der Waals surface area contributed by atoms with E-state index in [0.717, 1.165) is 45.6 Å². The molecule has 4 heteroatoms. The highest BCUT2D eigenvalue weighted by Crippen LogP contribution is 2.28. The molecule has 0 saturated heterocycles. The summed E-state index contributed by atoms with van der Waals surface area (Å²) in [6.45, 7) is 2.31. The minimum absolute atomic E-state index is 0.356. The quantitative estimate of drug-likeness (QED) is 0.595. The standard InChI is InChI=1S/C24H27NO3/c1-16-6-4-5-7-21(16)25-22-15-24(17-8-10-18(26-2)11-9-17)28-23-13-12-19(27-3)14-20(22)23/h8-16,21H,4-7H2,1-3H3/t16-,21-/m1/s1. The van der Waals surface area contributed by atoms with Crippen molar-refractivity contribution in [2.24, 2.45) is 10.9 Å². The third-order valence-electron chi connectivity index (χ3n) is 5.70. The maximum absolute atomic E-state index is 6.22. The van der Waals surface area contributed by atoms with Crippen LogP contribution in [-0.2, 0) is 0 Å². The van der Waals surface area contributed by atoms with E-state index >= 15 is 0 Å². The van der Waals surface area contributed by atoms with Crippen molar-refractivity contribution in [3.05, 3.63) is 53.9 Å². The predicted octanol–water partition coefficient (Wildman–Crippen LogP) is 5.60. The molecule has 1 fully saturated rings. The molecule has 1 aromatic heterocycles.